The van der Waals surface area contributed by atoms with Gasteiger partial charge >= 0.3 is 0 Å². The molecule has 0 aromatic heterocycles. The van der Waals surface area contributed by atoms with E-state index in [1.807, 2.05) is 19.0 Å². The van der Waals surface area contributed by atoms with Gasteiger partial charge in [-0.05, 0) is 56.1 Å². The summed E-state index contributed by atoms with van der Waals surface area (Å²) in [5.41, 5.74) is 1.19. The highest BCUT2D eigenvalue weighted by atomic mass is 35.5. The highest BCUT2D eigenvalue weighted by Crippen LogP contribution is 2.39. The van der Waals surface area contributed by atoms with Gasteiger partial charge < -0.3 is 19.6 Å². The summed E-state index contributed by atoms with van der Waals surface area (Å²) in [5.74, 6) is -0.949. The second-order valence-corrected chi connectivity index (χ2v) is 7.91. The molecule has 2 aromatic rings. The molecule has 0 aliphatic carbocycles. The van der Waals surface area contributed by atoms with E-state index in [-0.39, 0.29) is 11.3 Å². The number of amides is 1. The molecular weight excluding hydrogens is 416 g/mol. The summed E-state index contributed by atoms with van der Waals surface area (Å²) in [5, 5.41) is 11.6. The van der Waals surface area contributed by atoms with Crippen molar-refractivity contribution in [2.45, 2.75) is 6.04 Å². The lowest BCUT2D eigenvalue weighted by atomic mass is 9.95. The van der Waals surface area contributed by atoms with E-state index >= 15 is 0 Å². The number of benzene rings is 2. The Labute approximate surface area is 187 Å². The number of aliphatic hydroxyl groups is 1. The normalized spacial score (nSPS) is 17.9. The summed E-state index contributed by atoms with van der Waals surface area (Å²) >= 11 is 6.03. The maximum atomic E-state index is 12.9. The van der Waals surface area contributed by atoms with E-state index in [2.05, 4.69) is 6.58 Å². The van der Waals surface area contributed by atoms with Crippen molar-refractivity contribution in [1.29, 1.82) is 0 Å². The first-order valence-corrected chi connectivity index (χ1v) is 10.2. The third-order valence-electron chi connectivity index (χ3n) is 5.01. The van der Waals surface area contributed by atoms with E-state index < -0.39 is 17.7 Å². The van der Waals surface area contributed by atoms with Crippen LogP contribution in [0.15, 0.2) is 66.8 Å². The van der Waals surface area contributed by atoms with Gasteiger partial charge in [0.05, 0.1) is 11.6 Å². The third kappa shape index (κ3) is 4.98. The molecule has 1 fully saturated rings. The number of ether oxygens (including phenoxy) is 1. The summed E-state index contributed by atoms with van der Waals surface area (Å²) in [6.07, 6.45) is 1.63. The van der Waals surface area contributed by atoms with Crippen LogP contribution < -0.4 is 4.74 Å². The SMILES string of the molecule is C=CCOc1ccc(C(O)=C2C(=O)C(=O)N(CCN(C)C)C2c2ccc(Cl)cc2)cc1. The minimum absolute atomic E-state index is 0.0610. The second kappa shape index (κ2) is 9.81. The Morgan fingerprint density at radius 1 is 1.16 bits per heavy atom. The Hall–Kier alpha value is -3.09. The van der Waals surface area contributed by atoms with Crippen molar-refractivity contribution in [3.05, 3.63) is 82.9 Å². The van der Waals surface area contributed by atoms with Gasteiger partial charge in [-0.1, -0.05) is 36.4 Å². The van der Waals surface area contributed by atoms with Gasteiger partial charge in [0.25, 0.3) is 11.7 Å². The quantitative estimate of drug-likeness (QED) is 0.292. The van der Waals surface area contributed by atoms with Crippen molar-refractivity contribution in [3.63, 3.8) is 0 Å². The molecule has 0 saturated carbocycles. The fourth-order valence-corrected chi connectivity index (χ4v) is 3.56. The Bertz CT molecular complexity index is 997. The van der Waals surface area contributed by atoms with Crippen molar-refractivity contribution in [3.8, 4) is 5.75 Å². The first kappa shape index (κ1) is 22.6. The molecule has 162 valence electrons. The molecule has 1 atom stereocenters. The highest BCUT2D eigenvalue weighted by molar-refractivity contribution is 6.46. The van der Waals surface area contributed by atoms with E-state index in [0.717, 1.165) is 0 Å². The van der Waals surface area contributed by atoms with Crippen LogP contribution in [0.1, 0.15) is 17.2 Å². The Balaban J connectivity index is 2.05. The number of halogens is 1. The summed E-state index contributed by atoms with van der Waals surface area (Å²) < 4.78 is 5.46. The molecule has 2 aromatic carbocycles. The number of hydrogen-bond donors (Lipinski definition) is 1. The van der Waals surface area contributed by atoms with Gasteiger partial charge in [0.1, 0.15) is 18.1 Å². The maximum Gasteiger partial charge on any atom is 0.295 e. The number of likely N-dealkylation sites (tertiary alicyclic amines) is 1. The van der Waals surface area contributed by atoms with Crippen LogP contribution in [0, 0.1) is 0 Å². The summed E-state index contributed by atoms with van der Waals surface area (Å²) in [6, 6.07) is 12.9. The third-order valence-corrected chi connectivity index (χ3v) is 5.26. The van der Waals surface area contributed by atoms with Crippen LogP contribution in [0.5, 0.6) is 5.75 Å². The number of aliphatic hydroxyl groups excluding tert-OH is 1. The molecule has 0 spiro atoms. The van der Waals surface area contributed by atoms with Gasteiger partial charge in [-0.25, -0.2) is 0 Å². The Morgan fingerprint density at radius 2 is 1.81 bits per heavy atom. The molecule has 0 bridgehead atoms. The molecule has 3 rings (SSSR count). The average Bonchev–Trinajstić information content (AvgIpc) is 3.01. The molecule has 1 aliphatic rings. The topological polar surface area (TPSA) is 70.1 Å². The predicted molar refractivity (Wildman–Crippen MR) is 121 cm³/mol. The first-order valence-electron chi connectivity index (χ1n) is 9.86. The molecule has 1 N–H and O–H groups in total. The first-order chi connectivity index (χ1) is 14.8. The smallest absolute Gasteiger partial charge is 0.295 e. The van der Waals surface area contributed by atoms with Crippen molar-refractivity contribution >= 4 is 29.1 Å². The molecule has 1 heterocycles. The lowest BCUT2D eigenvalue weighted by Crippen LogP contribution is -2.35. The van der Waals surface area contributed by atoms with Crippen molar-refractivity contribution in [1.82, 2.24) is 9.80 Å². The maximum absolute atomic E-state index is 12.9. The number of carbonyl (C=O) groups is 2. The highest BCUT2D eigenvalue weighted by Gasteiger charge is 2.45. The van der Waals surface area contributed by atoms with Gasteiger partial charge in [-0.15, -0.1) is 0 Å². The van der Waals surface area contributed by atoms with Gasteiger partial charge in [0, 0.05) is 23.7 Å². The fraction of sp³-hybridized carbons (Fsp3) is 0.250. The van der Waals surface area contributed by atoms with Crippen LogP contribution in [0.25, 0.3) is 5.76 Å². The molecule has 1 amide bonds. The standard InChI is InChI=1S/C24H25ClN2O4/c1-4-15-31-19-11-7-17(8-12-19)22(28)20-21(16-5-9-18(25)10-6-16)27(14-13-26(2)3)24(30)23(20)29/h4-12,21,28H,1,13-15H2,2-3H3. The van der Waals surface area contributed by atoms with Crippen molar-refractivity contribution in [2.75, 3.05) is 33.8 Å². The summed E-state index contributed by atoms with van der Waals surface area (Å²) in [4.78, 5) is 29.2. The molecular formula is C24H25ClN2O4. The number of carbonyl (C=O) groups excluding carboxylic acids is 2. The molecule has 31 heavy (non-hydrogen) atoms. The molecule has 0 radical (unpaired) electrons. The molecule has 1 aliphatic heterocycles. The number of rotatable bonds is 8. The van der Waals surface area contributed by atoms with Crippen molar-refractivity contribution < 1.29 is 19.4 Å². The van der Waals surface area contributed by atoms with E-state index in [1.54, 1.807) is 54.6 Å². The van der Waals surface area contributed by atoms with Crippen molar-refractivity contribution in [2.24, 2.45) is 0 Å². The minimum atomic E-state index is -0.705. The van der Waals surface area contributed by atoms with E-state index in [9.17, 15) is 14.7 Å². The second-order valence-electron chi connectivity index (χ2n) is 7.47. The van der Waals surface area contributed by atoms with E-state index in [1.165, 1.54) is 4.90 Å². The van der Waals surface area contributed by atoms with Crippen LogP contribution >= 0.6 is 11.6 Å². The number of nitrogens with zero attached hydrogens (tertiary/aromatic N) is 2. The number of Topliss-reactive ketones (excluding diaryl/α,β-unsaturated/α-hetero) is 1. The van der Waals surface area contributed by atoms with E-state index in [4.69, 9.17) is 16.3 Å². The zero-order valence-electron chi connectivity index (χ0n) is 17.5. The zero-order chi connectivity index (χ0) is 22.5. The van der Waals surface area contributed by atoms with E-state index in [0.29, 0.717) is 41.6 Å². The van der Waals surface area contributed by atoms with Crippen LogP contribution in [0.2, 0.25) is 5.02 Å². The average molecular weight is 441 g/mol. The largest absolute Gasteiger partial charge is 0.507 e. The summed E-state index contributed by atoms with van der Waals surface area (Å²) in [7, 11) is 3.79. The zero-order valence-corrected chi connectivity index (χ0v) is 18.3. The molecule has 1 unspecified atom stereocenters. The monoisotopic (exact) mass is 440 g/mol. The fourth-order valence-electron chi connectivity index (χ4n) is 3.43. The minimum Gasteiger partial charge on any atom is -0.507 e. The van der Waals surface area contributed by atoms with Crippen LogP contribution in [-0.4, -0.2) is 60.4 Å². The Morgan fingerprint density at radius 3 is 2.39 bits per heavy atom. The molecule has 1 saturated heterocycles. The number of ketones is 1. The van der Waals surface area contributed by atoms with Gasteiger partial charge in [0.15, 0.2) is 0 Å². The number of hydrogen-bond acceptors (Lipinski definition) is 5. The number of likely N-dealkylation sites (N-methyl/N-ethyl adjacent to an activating group) is 1. The van der Waals surface area contributed by atoms with Gasteiger partial charge in [0.2, 0.25) is 0 Å². The molecule has 7 heteroatoms. The van der Waals surface area contributed by atoms with Crippen LogP contribution in [0.3, 0.4) is 0 Å². The Kier molecular flexibility index (Phi) is 7.15. The summed E-state index contributed by atoms with van der Waals surface area (Å²) in [6.45, 7) is 4.89. The van der Waals surface area contributed by atoms with Gasteiger partial charge in [-0.2, -0.15) is 0 Å². The lowest BCUT2D eigenvalue weighted by molar-refractivity contribution is -0.140. The van der Waals surface area contributed by atoms with Crippen LogP contribution in [-0.2, 0) is 9.59 Å². The van der Waals surface area contributed by atoms with Gasteiger partial charge in [-0.3, -0.25) is 9.59 Å². The molecule has 6 nitrogen and oxygen atoms in total. The van der Waals surface area contributed by atoms with Crippen LogP contribution in [0.4, 0.5) is 0 Å². The predicted octanol–water partition coefficient (Wildman–Crippen LogP) is 3.89. The lowest BCUT2D eigenvalue weighted by Gasteiger charge is -2.26.